The summed E-state index contributed by atoms with van der Waals surface area (Å²) in [6, 6.07) is 10.2. The number of fused-ring (bicyclic) bond motifs is 1. The Bertz CT molecular complexity index is 1160. The van der Waals surface area contributed by atoms with E-state index in [1.165, 1.54) is 25.1 Å². The van der Waals surface area contributed by atoms with E-state index in [1.54, 1.807) is 6.07 Å². The summed E-state index contributed by atoms with van der Waals surface area (Å²) in [4.78, 5) is 15.2. The molecule has 1 aromatic carbocycles. The van der Waals surface area contributed by atoms with Crippen molar-refractivity contribution in [2.45, 2.75) is 29.8 Å². The van der Waals surface area contributed by atoms with Crippen LogP contribution in [0.25, 0.3) is 22.3 Å². The van der Waals surface area contributed by atoms with Gasteiger partial charge in [-0.25, -0.2) is 4.79 Å². The van der Waals surface area contributed by atoms with Gasteiger partial charge in [0.2, 0.25) is 0 Å². The van der Waals surface area contributed by atoms with Crippen LogP contribution >= 0.6 is 11.8 Å². The van der Waals surface area contributed by atoms with Crippen LogP contribution in [0.5, 0.6) is 0 Å². The van der Waals surface area contributed by atoms with E-state index >= 15 is 0 Å². The number of hydrogen-bond donors (Lipinski definition) is 1. The van der Waals surface area contributed by atoms with Gasteiger partial charge in [0.25, 0.3) is 0 Å². The van der Waals surface area contributed by atoms with Gasteiger partial charge in [-0.2, -0.15) is 0 Å². The quantitative estimate of drug-likeness (QED) is 0.384. The first-order chi connectivity index (χ1) is 13.8. The molecule has 0 atom stereocenters. The van der Waals surface area contributed by atoms with Gasteiger partial charge >= 0.3 is 5.97 Å². The molecule has 3 heterocycles. The molecule has 0 aliphatic heterocycles. The third kappa shape index (κ3) is 2.90. The molecule has 28 heavy (non-hydrogen) atoms. The molecule has 0 amide bonds. The maximum atomic E-state index is 11.8. The highest BCUT2D eigenvalue weighted by molar-refractivity contribution is 7.98. The highest BCUT2D eigenvalue weighted by atomic mass is 32.2. The average molecular weight is 394 g/mol. The van der Waals surface area contributed by atoms with Crippen molar-refractivity contribution in [1.29, 1.82) is 0 Å². The Balaban J connectivity index is 1.47. The second-order valence-electron chi connectivity index (χ2n) is 6.69. The number of methoxy groups -OCH3 is 1. The summed E-state index contributed by atoms with van der Waals surface area (Å²) in [5.41, 5.74) is 2.58. The molecular formula is C20H18N4O3S. The van der Waals surface area contributed by atoms with Crippen LogP contribution in [0.2, 0.25) is 0 Å². The van der Waals surface area contributed by atoms with Crippen LogP contribution in [0, 0.1) is 0 Å². The zero-order valence-corrected chi connectivity index (χ0v) is 16.0. The maximum absolute atomic E-state index is 11.8. The van der Waals surface area contributed by atoms with E-state index in [1.807, 2.05) is 18.3 Å². The summed E-state index contributed by atoms with van der Waals surface area (Å²) < 4.78 is 12.5. The number of nitrogens with one attached hydrogen (secondary N) is 1. The Kier molecular flexibility index (Phi) is 4.20. The zero-order valence-electron chi connectivity index (χ0n) is 15.2. The Morgan fingerprint density at radius 1 is 1.32 bits per heavy atom. The fourth-order valence-corrected chi connectivity index (χ4v) is 4.31. The molecule has 142 valence electrons. The minimum absolute atomic E-state index is 0.396. The van der Waals surface area contributed by atoms with E-state index in [-0.39, 0.29) is 0 Å². The van der Waals surface area contributed by atoms with Gasteiger partial charge in [-0.15, -0.1) is 10.2 Å². The molecule has 5 rings (SSSR count). The second kappa shape index (κ2) is 6.87. The van der Waals surface area contributed by atoms with Crippen LogP contribution in [0.3, 0.4) is 0 Å². The maximum Gasteiger partial charge on any atom is 0.341 e. The number of furan rings is 1. The molecule has 0 bridgehead atoms. The summed E-state index contributed by atoms with van der Waals surface area (Å²) in [5, 5.41) is 10.9. The summed E-state index contributed by atoms with van der Waals surface area (Å²) >= 11 is 1.52. The molecule has 8 heteroatoms. The summed E-state index contributed by atoms with van der Waals surface area (Å²) in [5.74, 6) is 1.54. The number of thioether (sulfide) groups is 1. The van der Waals surface area contributed by atoms with Crippen molar-refractivity contribution in [3.63, 3.8) is 0 Å². The molecule has 1 aliphatic rings. The van der Waals surface area contributed by atoms with Crippen LogP contribution in [-0.2, 0) is 10.5 Å². The molecule has 0 saturated heterocycles. The van der Waals surface area contributed by atoms with Crippen molar-refractivity contribution >= 4 is 28.6 Å². The van der Waals surface area contributed by atoms with Crippen LogP contribution in [-0.4, -0.2) is 32.8 Å². The molecule has 1 fully saturated rings. The largest absolute Gasteiger partial charge is 0.468 e. The topological polar surface area (TPSA) is 85.9 Å². The zero-order chi connectivity index (χ0) is 19.1. The molecule has 4 aromatic rings. The fourth-order valence-electron chi connectivity index (χ4n) is 3.35. The van der Waals surface area contributed by atoms with Crippen molar-refractivity contribution in [2.24, 2.45) is 0 Å². The lowest BCUT2D eigenvalue weighted by atomic mass is 10.1. The Labute approximate surface area is 165 Å². The second-order valence-corrected chi connectivity index (χ2v) is 7.64. The Morgan fingerprint density at radius 3 is 3.00 bits per heavy atom. The predicted octanol–water partition coefficient (Wildman–Crippen LogP) is 4.43. The van der Waals surface area contributed by atoms with Crippen LogP contribution < -0.4 is 0 Å². The van der Waals surface area contributed by atoms with Gasteiger partial charge in [0, 0.05) is 28.7 Å². The van der Waals surface area contributed by atoms with E-state index in [0.717, 1.165) is 40.3 Å². The third-order valence-corrected chi connectivity index (χ3v) is 5.83. The lowest BCUT2D eigenvalue weighted by molar-refractivity contribution is 0.0598. The molecular weight excluding hydrogens is 376 g/mol. The van der Waals surface area contributed by atoms with Crippen LogP contribution in [0.15, 0.2) is 52.4 Å². The van der Waals surface area contributed by atoms with Gasteiger partial charge in [0.1, 0.15) is 11.3 Å². The standard InChI is InChI=1S/C20H18N4O3S/c1-26-19(25)14-8-9-27-17(14)11-28-20-23-22-18(24(20)12-6-7-12)15-10-21-16-5-3-2-4-13(15)16/h2-5,8-10,12,21H,6-7,11H2,1H3. The Morgan fingerprint density at radius 2 is 2.18 bits per heavy atom. The minimum atomic E-state index is -0.396. The monoisotopic (exact) mass is 394 g/mol. The van der Waals surface area contributed by atoms with E-state index in [9.17, 15) is 4.79 Å². The lowest BCUT2D eigenvalue weighted by Crippen LogP contribution is -2.03. The van der Waals surface area contributed by atoms with Crippen LogP contribution in [0.4, 0.5) is 0 Å². The molecule has 1 saturated carbocycles. The van der Waals surface area contributed by atoms with Gasteiger partial charge in [-0.05, 0) is 25.0 Å². The normalized spacial score (nSPS) is 13.9. The summed E-state index contributed by atoms with van der Waals surface area (Å²) in [7, 11) is 1.36. The van der Waals surface area contributed by atoms with Crippen LogP contribution in [0.1, 0.15) is 35.0 Å². The van der Waals surface area contributed by atoms with E-state index in [4.69, 9.17) is 9.15 Å². The Hall–Kier alpha value is -3.00. The number of benzene rings is 1. The van der Waals surface area contributed by atoms with E-state index in [0.29, 0.717) is 23.1 Å². The first-order valence-corrected chi connectivity index (χ1v) is 10.0. The number of nitrogens with zero attached hydrogens (tertiary/aromatic N) is 3. The number of carbonyl (C=O) groups excluding carboxylic acids is 1. The summed E-state index contributed by atoms with van der Waals surface area (Å²) in [6.45, 7) is 0. The summed E-state index contributed by atoms with van der Waals surface area (Å²) in [6.07, 6.45) is 5.74. The lowest BCUT2D eigenvalue weighted by Gasteiger charge is -2.08. The first kappa shape index (κ1) is 17.1. The number of rotatable bonds is 6. The fraction of sp³-hybridized carbons (Fsp3) is 0.250. The molecule has 1 N–H and O–H groups in total. The average Bonchev–Trinajstić information content (AvgIpc) is 3.14. The highest BCUT2D eigenvalue weighted by Gasteiger charge is 2.31. The first-order valence-electron chi connectivity index (χ1n) is 9.05. The van der Waals surface area contributed by atoms with Gasteiger partial charge < -0.3 is 14.1 Å². The van der Waals surface area contributed by atoms with Gasteiger partial charge in [0.15, 0.2) is 11.0 Å². The number of para-hydroxylation sites is 1. The highest BCUT2D eigenvalue weighted by Crippen LogP contribution is 2.42. The minimum Gasteiger partial charge on any atom is -0.468 e. The molecule has 3 aromatic heterocycles. The SMILES string of the molecule is COC(=O)c1ccoc1CSc1nnc(-c2c[nH]c3ccccc23)n1C1CC1. The molecule has 0 radical (unpaired) electrons. The van der Waals surface area contributed by atoms with Crippen molar-refractivity contribution in [3.05, 3.63) is 54.1 Å². The van der Waals surface area contributed by atoms with Crippen molar-refractivity contribution < 1.29 is 13.9 Å². The number of carbonyl (C=O) groups is 1. The van der Waals surface area contributed by atoms with Gasteiger partial charge in [0.05, 0.1) is 19.1 Å². The van der Waals surface area contributed by atoms with Gasteiger partial charge in [-0.1, -0.05) is 30.0 Å². The molecule has 7 nitrogen and oxygen atoms in total. The predicted molar refractivity (Wildman–Crippen MR) is 105 cm³/mol. The molecule has 1 aliphatic carbocycles. The number of esters is 1. The molecule has 0 unspecified atom stereocenters. The number of hydrogen-bond acceptors (Lipinski definition) is 6. The number of ether oxygens (including phenoxy) is 1. The third-order valence-electron chi connectivity index (χ3n) is 4.89. The number of H-pyrrole nitrogens is 1. The van der Waals surface area contributed by atoms with Crippen molar-refractivity contribution in [2.75, 3.05) is 7.11 Å². The van der Waals surface area contributed by atoms with Crippen molar-refractivity contribution in [1.82, 2.24) is 19.7 Å². The van der Waals surface area contributed by atoms with E-state index < -0.39 is 5.97 Å². The van der Waals surface area contributed by atoms with E-state index in [2.05, 4.69) is 31.9 Å². The number of aromatic amines is 1. The van der Waals surface area contributed by atoms with Crippen molar-refractivity contribution in [3.8, 4) is 11.4 Å². The molecule has 0 spiro atoms. The number of aromatic nitrogens is 4. The van der Waals surface area contributed by atoms with Gasteiger partial charge in [-0.3, -0.25) is 4.57 Å². The smallest absolute Gasteiger partial charge is 0.341 e.